The number of amides is 2. The molecule has 1 unspecified atom stereocenters. The standard InChI is InChI=1S/C33H32N2O5/c1-33(21-20-23-8-4-3-5-9-23)39-29-18-17-26(22-30(29)40-33)34-31(36)19-14-24-12-15-25(16-13-24)35-32(37)27-10-6-7-11-28(27)38-2/h3-13,15-18,22H,14,19-21H2,1-2H3,(H,34,36)(H,35,37). The van der Waals surface area contributed by atoms with Crippen LogP contribution in [0.3, 0.4) is 0 Å². The van der Waals surface area contributed by atoms with Gasteiger partial charge in [-0.15, -0.1) is 0 Å². The van der Waals surface area contributed by atoms with Crippen LogP contribution in [-0.4, -0.2) is 24.7 Å². The average Bonchev–Trinajstić information content (AvgIpc) is 3.32. The number of nitrogens with one attached hydrogen (secondary N) is 2. The van der Waals surface area contributed by atoms with E-state index in [2.05, 4.69) is 22.8 Å². The maximum absolute atomic E-state index is 12.7. The van der Waals surface area contributed by atoms with Gasteiger partial charge in [0.25, 0.3) is 5.91 Å². The van der Waals surface area contributed by atoms with Gasteiger partial charge in [0.15, 0.2) is 11.5 Å². The van der Waals surface area contributed by atoms with E-state index in [4.69, 9.17) is 14.2 Å². The van der Waals surface area contributed by atoms with Gasteiger partial charge >= 0.3 is 0 Å². The van der Waals surface area contributed by atoms with Crippen LogP contribution in [0.2, 0.25) is 0 Å². The van der Waals surface area contributed by atoms with Gasteiger partial charge in [-0.1, -0.05) is 54.6 Å². The highest BCUT2D eigenvalue weighted by molar-refractivity contribution is 6.06. The maximum atomic E-state index is 12.7. The molecule has 1 aliphatic heterocycles. The molecule has 4 aromatic carbocycles. The third kappa shape index (κ3) is 6.61. The number of carbonyl (C=O) groups is 2. The summed E-state index contributed by atoms with van der Waals surface area (Å²) in [5, 5.41) is 5.83. The molecule has 0 bridgehead atoms. The quantitative estimate of drug-likeness (QED) is 0.237. The molecule has 0 spiro atoms. The number of rotatable bonds is 10. The molecular formula is C33H32N2O5. The Hall–Kier alpha value is -4.78. The molecule has 0 aliphatic carbocycles. The highest BCUT2D eigenvalue weighted by Crippen LogP contribution is 2.42. The van der Waals surface area contributed by atoms with Gasteiger partial charge in [-0.05, 0) is 60.4 Å². The second kappa shape index (κ2) is 11.9. The number of hydrogen-bond acceptors (Lipinski definition) is 5. The highest BCUT2D eigenvalue weighted by Gasteiger charge is 2.36. The van der Waals surface area contributed by atoms with E-state index in [-0.39, 0.29) is 11.8 Å². The molecule has 0 aromatic heterocycles. The summed E-state index contributed by atoms with van der Waals surface area (Å²) in [6.07, 6.45) is 2.42. The van der Waals surface area contributed by atoms with Crippen molar-refractivity contribution in [1.82, 2.24) is 0 Å². The van der Waals surface area contributed by atoms with Crippen LogP contribution in [0.15, 0.2) is 97.1 Å². The first kappa shape index (κ1) is 26.8. The number of methoxy groups -OCH3 is 1. The predicted octanol–water partition coefficient (Wildman–Crippen LogP) is 6.64. The molecule has 40 heavy (non-hydrogen) atoms. The van der Waals surface area contributed by atoms with Crippen LogP contribution in [-0.2, 0) is 17.6 Å². The van der Waals surface area contributed by atoms with Gasteiger partial charge in [-0.2, -0.15) is 0 Å². The van der Waals surface area contributed by atoms with Crippen LogP contribution in [0.5, 0.6) is 17.2 Å². The average molecular weight is 537 g/mol. The summed E-state index contributed by atoms with van der Waals surface area (Å²) in [6.45, 7) is 1.93. The second-order valence-electron chi connectivity index (χ2n) is 9.88. The van der Waals surface area contributed by atoms with Gasteiger partial charge in [0.2, 0.25) is 11.7 Å². The largest absolute Gasteiger partial charge is 0.496 e. The van der Waals surface area contributed by atoms with Crippen LogP contribution in [0, 0.1) is 0 Å². The number of hydrogen-bond donors (Lipinski definition) is 2. The van der Waals surface area contributed by atoms with Crippen LogP contribution in [0.1, 0.15) is 41.3 Å². The molecule has 0 saturated carbocycles. The molecule has 4 aromatic rings. The van der Waals surface area contributed by atoms with E-state index in [1.54, 1.807) is 24.3 Å². The van der Waals surface area contributed by atoms with Gasteiger partial charge in [-0.25, -0.2) is 0 Å². The fourth-order valence-electron chi connectivity index (χ4n) is 4.62. The first-order valence-corrected chi connectivity index (χ1v) is 13.3. The van der Waals surface area contributed by atoms with Crippen molar-refractivity contribution in [3.05, 3.63) is 114 Å². The lowest BCUT2D eigenvalue weighted by Crippen LogP contribution is -2.35. The van der Waals surface area contributed by atoms with Crippen molar-refractivity contribution in [3.8, 4) is 17.2 Å². The molecule has 5 rings (SSSR count). The van der Waals surface area contributed by atoms with Crippen LogP contribution in [0.25, 0.3) is 0 Å². The van der Waals surface area contributed by atoms with Crippen molar-refractivity contribution in [2.24, 2.45) is 0 Å². The molecule has 204 valence electrons. The summed E-state index contributed by atoms with van der Waals surface area (Å²) in [7, 11) is 1.54. The summed E-state index contributed by atoms with van der Waals surface area (Å²) in [4.78, 5) is 25.3. The monoisotopic (exact) mass is 536 g/mol. The fraction of sp³-hybridized carbons (Fsp3) is 0.212. The highest BCUT2D eigenvalue weighted by atomic mass is 16.7. The Balaban J connectivity index is 1.10. The lowest BCUT2D eigenvalue weighted by molar-refractivity contribution is -0.116. The summed E-state index contributed by atoms with van der Waals surface area (Å²) in [6, 6.07) is 30.2. The van der Waals surface area contributed by atoms with Gasteiger partial charge in [0.1, 0.15) is 5.75 Å². The van der Waals surface area contributed by atoms with E-state index in [0.717, 1.165) is 12.0 Å². The Morgan fingerprint density at radius 2 is 1.43 bits per heavy atom. The van der Waals surface area contributed by atoms with Crippen molar-refractivity contribution in [3.63, 3.8) is 0 Å². The van der Waals surface area contributed by atoms with Gasteiger partial charge in [0, 0.05) is 37.2 Å². The number of carbonyl (C=O) groups excluding carboxylic acids is 2. The van der Waals surface area contributed by atoms with Crippen molar-refractivity contribution >= 4 is 23.2 Å². The van der Waals surface area contributed by atoms with E-state index in [0.29, 0.717) is 53.4 Å². The smallest absolute Gasteiger partial charge is 0.259 e. The van der Waals surface area contributed by atoms with Crippen LogP contribution in [0.4, 0.5) is 11.4 Å². The molecule has 1 atom stereocenters. The molecule has 2 N–H and O–H groups in total. The first-order chi connectivity index (χ1) is 19.4. The topological polar surface area (TPSA) is 85.9 Å². The van der Waals surface area contributed by atoms with Crippen molar-refractivity contribution < 1.29 is 23.8 Å². The van der Waals surface area contributed by atoms with E-state index in [9.17, 15) is 9.59 Å². The zero-order chi connectivity index (χ0) is 28.0. The molecule has 0 saturated heterocycles. The van der Waals surface area contributed by atoms with Gasteiger partial charge < -0.3 is 24.8 Å². The zero-order valence-corrected chi connectivity index (χ0v) is 22.6. The second-order valence-corrected chi connectivity index (χ2v) is 9.88. The number of fused-ring (bicyclic) bond motifs is 1. The van der Waals surface area contributed by atoms with E-state index < -0.39 is 5.79 Å². The minimum absolute atomic E-state index is 0.0979. The molecule has 1 heterocycles. The maximum Gasteiger partial charge on any atom is 0.259 e. The van der Waals surface area contributed by atoms with Crippen LogP contribution >= 0.6 is 0 Å². The number of anilines is 2. The number of benzene rings is 4. The minimum atomic E-state index is -0.750. The molecular weight excluding hydrogens is 504 g/mol. The number of ether oxygens (including phenoxy) is 3. The first-order valence-electron chi connectivity index (χ1n) is 13.3. The lowest BCUT2D eigenvalue weighted by atomic mass is 10.1. The third-order valence-electron chi connectivity index (χ3n) is 6.79. The molecule has 0 fully saturated rings. The van der Waals surface area contributed by atoms with Crippen molar-refractivity contribution in [2.45, 2.75) is 38.4 Å². The predicted molar refractivity (Wildman–Crippen MR) is 155 cm³/mol. The van der Waals surface area contributed by atoms with Crippen LogP contribution < -0.4 is 24.8 Å². The minimum Gasteiger partial charge on any atom is -0.496 e. The van der Waals surface area contributed by atoms with Crippen molar-refractivity contribution in [1.29, 1.82) is 0 Å². The van der Waals surface area contributed by atoms with E-state index >= 15 is 0 Å². The van der Waals surface area contributed by atoms with E-state index in [1.165, 1.54) is 12.7 Å². The normalized spacial score (nSPS) is 15.3. The third-order valence-corrected chi connectivity index (χ3v) is 6.79. The molecule has 7 nitrogen and oxygen atoms in total. The Labute approximate surface area is 234 Å². The Bertz CT molecular complexity index is 1490. The Morgan fingerprint density at radius 1 is 0.750 bits per heavy atom. The molecule has 7 heteroatoms. The summed E-state index contributed by atoms with van der Waals surface area (Å²) in [5.41, 5.74) is 4.01. The van der Waals surface area contributed by atoms with Gasteiger partial charge in [-0.3, -0.25) is 9.59 Å². The Morgan fingerprint density at radius 3 is 2.20 bits per heavy atom. The summed E-state index contributed by atoms with van der Waals surface area (Å²) < 4.78 is 17.5. The summed E-state index contributed by atoms with van der Waals surface area (Å²) in [5.74, 6) is 0.719. The van der Waals surface area contributed by atoms with E-state index in [1.807, 2.05) is 67.6 Å². The molecule has 1 aliphatic rings. The summed E-state index contributed by atoms with van der Waals surface area (Å²) >= 11 is 0. The van der Waals surface area contributed by atoms with Gasteiger partial charge in [0.05, 0.1) is 12.7 Å². The SMILES string of the molecule is COc1ccccc1C(=O)Nc1ccc(CCC(=O)Nc2ccc3c(c2)OC(C)(CCc2ccccc2)O3)cc1. The molecule has 2 amide bonds. The molecule has 0 radical (unpaired) electrons. The number of para-hydroxylation sites is 1. The lowest BCUT2D eigenvalue weighted by Gasteiger charge is -2.23. The Kier molecular flexibility index (Phi) is 8.01. The van der Waals surface area contributed by atoms with Crippen molar-refractivity contribution in [2.75, 3.05) is 17.7 Å². The zero-order valence-electron chi connectivity index (χ0n) is 22.6. The number of aryl methyl sites for hydroxylation is 2. The fourth-order valence-corrected chi connectivity index (χ4v) is 4.62.